The molecule has 9 atom stereocenters. The zero-order valence-corrected chi connectivity index (χ0v) is 69.1. The van der Waals surface area contributed by atoms with Gasteiger partial charge in [0, 0.05) is 46.0 Å². The maximum atomic E-state index is 14.9. The van der Waals surface area contributed by atoms with E-state index in [9.17, 15) is 48.3 Å². The molecule has 602 valence electrons. The molecule has 0 saturated carbocycles. The van der Waals surface area contributed by atoms with E-state index in [1.54, 1.807) is 72.8 Å². The van der Waals surface area contributed by atoms with Gasteiger partial charge in [-0.15, -0.1) is 0 Å². The largest absolute Gasteiger partial charge is 0.491 e. The van der Waals surface area contributed by atoms with Crippen molar-refractivity contribution in [3.8, 4) is 102 Å². The summed E-state index contributed by atoms with van der Waals surface area (Å²) in [5.41, 5.74) is 11.8. The molecule has 119 heavy (non-hydrogen) atoms. The van der Waals surface area contributed by atoms with Gasteiger partial charge in [-0.25, -0.2) is 0 Å². The van der Waals surface area contributed by atoms with Crippen LogP contribution in [0.5, 0.6) is 46.0 Å². The number of aliphatic carboxylic acids is 2. The van der Waals surface area contributed by atoms with Crippen molar-refractivity contribution in [2.24, 2.45) is 5.92 Å². The van der Waals surface area contributed by atoms with Gasteiger partial charge in [-0.05, 0) is 134 Å². The lowest BCUT2D eigenvalue weighted by molar-refractivity contribution is -0.147. The van der Waals surface area contributed by atoms with Crippen LogP contribution in [0.25, 0.3) is 55.6 Å². The number of hydrogen-bond donors (Lipinski definition) is 5. The summed E-state index contributed by atoms with van der Waals surface area (Å²) in [4.78, 5) is 22.3. The van der Waals surface area contributed by atoms with Crippen LogP contribution in [-0.4, -0.2) is 100 Å². The Morgan fingerprint density at radius 2 is 0.613 bits per heavy atom. The van der Waals surface area contributed by atoms with Gasteiger partial charge in [-0.3, -0.25) is 27.8 Å². The number of hydrogen-bond acceptors (Lipinski definition) is 17. The van der Waals surface area contributed by atoms with Crippen LogP contribution < -0.4 is 63.4 Å². The number of aliphatic hydroxyl groups excluding tert-OH is 3. The summed E-state index contributed by atoms with van der Waals surface area (Å²) in [5.74, 6) is 0.418. The van der Waals surface area contributed by atoms with Gasteiger partial charge in [-0.2, -0.15) is 0 Å². The molecule has 0 spiro atoms. The SMILES string of the molecule is ClP1Oc2ccccc2-c2ccccc21.O=C(O)CC(CP1(=O)Oc2ccccc2-c2ccccc21)C(=O)O.O=P1(CC(O)COc2ccccc2Cc2cccc(Cc3ccccc3OCC(O)CP3(=O)Oc4ccccc4-c4ccccc43)c2OCC(O)CP2(=O)Oc3ccccc3-c3ccccc32)Oc2ccccc2-c2ccccc21. The number of para-hydroxylation sites is 8. The molecule has 0 aromatic heterocycles. The number of carboxylic acids is 2. The molecule has 19 nitrogen and oxygen atoms in total. The van der Waals surface area contributed by atoms with E-state index in [0.29, 0.717) is 74.3 Å². The fourth-order valence-corrected chi connectivity index (χ4v) is 27.0. The lowest BCUT2D eigenvalue weighted by atomic mass is 9.96. The van der Waals surface area contributed by atoms with E-state index in [0.717, 1.165) is 83.4 Å². The second-order valence-electron chi connectivity index (χ2n) is 29.2. The number of rotatable bonds is 24. The smallest absolute Gasteiger partial charge is 0.307 e. The number of halogens is 1. The average Bonchev–Trinajstić information content (AvgIpc) is 0.762. The molecule has 9 unspecified atom stereocenters. The first kappa shape index (κ1) is 81.5. The normalized spacial score (nSPS) is 19.1. The minimum absolute atomic E-state index is 0.165. The standard InChI is InChI=1S/C65H57O12P3.C17H15O6P.C12H8ClOP/c66-48(41-78(69)62-33-14-6-25-54(62)51-22-3-11-30-59(51)75-78)38-72-57-28-9-1-18-44(57)36-46-20-17-21-47(65(46)74-40-50(68)43-80(71)64-35-16-8-27-56(64)53-24-5-13-32-61(53)77-80)37-45-19-2-10-29-58(45)73-39-49(67)42-79(70)63-34-15-7-26-55(63)52-23-4-12-31-60(52)76-79;18-16(19)9-11(17(20)21)10-24(22)15-8-4-2-6-13(15)12-5-1-3-7-14(12)23-24;13-15-12-8-4-2-6-10(12)9-5-1-3-7-11(9)14-15/h1-35,48-50,66-68H,36-43H2;1-8,11H,9-10H2,(H,18,19)(H,20,21);1-8H. The quantitative estimate of drug-likeness (QED) is 0.0352. The highest BCUT2D eigenvalue weighted by Gasteiger charge is 2.44. The Bertz CT molecular complexity index is 6010. The van der Waals surface area contributed by atoms with Crippen LogP contribution in [0.3, 0.4) is 0 Å². The fraction of sp³-hybridized carbons (Fsp3) is 0.149. The third-order valence-corrected chi connectivity index (χ3v) is 32.9. The Balaban J connectivity index is 0.000000218. The molecule has 13 aromatic rings. The topological polar surface area (TPSA) is 277 Å². The summed E-state index contributed by atoms with van der Waals surface area (Å²) < 4.78 is 107. The molecule has 5 N–H and O–H groups in total. The first-order valence-electron chi connectivity index (χ1n) is 38.6. The summed E-state index contributed by atoms with van der Waals surface area (Å²) >= 11 is 6.22. The average molecular weight is 1700 g/mol. The third kappa shape index (κ3) is 17.6. The highest BCUT2D eigenvalue weighted by atomic mass is 35.7. The zero-order chi connectivity index (χ0) is 82.4. The molecule has 0 saturated heterocycles. The number of carboxylic acid groups (broad SMARTS) is 2. The van der Waals surface area contributed by atoms with Crippen LogP contribution in [0.2, 0.25) is 0 Å². The van der Waals surface area contributed by atoms with Crippen LogP contribution in [0, 0.1) is 5.92 Å². The number of ether oxygens (including phenoxy) is 3. The van der Waals surface area contributed by atoms with Crippen molar-refractivity contribution in [1.82, 2.24) is 0 Å². The van der Waals surface area contributed by atoms with Crippen LogP contribution >= 0.6 is 48.2 Å². The van der Waals surface area contributed by atoms with Crippen LogP contribution in [0.4, 0.5) is 0 Å². The molecule has 0 amide bonds. The van der Waals surface area contributed by atoms with E-state index in [2.05, 4.69) is 12.1 Å². The van der Waals surface area contributed by atoms with Crippen molar-refractivity contribution in [2.45, 2.75) is 37.6 Å². The monoisotopic (exact) mass is 1700 g/mol. The first-order valence-corrected chi connectivity index (χ1v) is 48.0. The second-order valence-corrected chi connectivity index (χ2v) is 40.8. The van der Waals surface area contributed by atoms with Gasteiger partial charge in [0.1, 0.15) is 65.8 Å². The van der Waals surface area contributed by atoms with Crippen molar-refractivity contribution in [1.29, 1.82) is 0 Å². The second kappa shape index (κ2) is 35.3. The minimum Gasteiger partial charge on any atom is -0.491 e. The maximum absolute atomic E-state index is 14.9. The van der Waals surface area contributed by atoms with Crippen molar-refractivity contribution >= 4 is 86.7 Å². The van der Waals surface area contributed by atoms with Gasteiger partial charge in [0.2, 0.25) is 7.50 Å². The Labute approximate surface area is 693 Å². The lowest BCUT2D eigenvalue weighted by Gasteiger charge is -2.30. The lowest BCUT2D eigenvalue weighted by Crippen LogP contribution is -2.29. The van der Waals surface area contributed by atoms with E-state index in [4.69, 9.17) is 53.2 Å². The van der Waals surface area contributed by atoms with Crippen molar-refractivity contribution in [2.75, 3.05) is 44.5 Å². The number of benzene rings is 13. The Morgan fingerprint density at radius 3 is 0.983 bits per heavy atom. The van der Waals surface area contributed by atoms with Gasteiger partial charge in [0.05, 0.1) is 76.5 Å². The van der Waals surface area contributed by atoms with E-state index in [1.807, 2.05) is 224 Å². The van der Waals surface area contributed by atoms with Gasteiger partial charge in [0.25, 0.3) is 29.5 Å². The molecule has 0 fully saturated rings. The fourth-order valence-electron chi connectivity index (χ4n) is 15.6. The molecule has 13 aromatic carbocycles. The summed E-state index contributed by atoms with van der Waals surface area (Å²) in [6, 6.07) is 95.5. The van der Waals surface area contributed by atoms with Crippen molar-refractivity contribution < 1.29 is 90.2 Å². The molecule has 0 aliphatic carbocycles. The highest BCUT2D eigenvalue weighted by Crippen LogP contribution is 2.60. The number of fused-ring (bicyclic) bond motifs is 15. The van der Waals surface area contributed by atoms with E-state index >= 15 is 0 Å². The Kier molecular flexibility index (Phi) is 24.2. The third-order valence-electron chi connectivity index (χ3n) is 21.0. The molecule has 0 bridgehead atoms. The predicted octanol–water partition coefficient (Wildman–Crippen LogP) is 18.8. The van der Waals surface area contributed by atoms with Crippen molar-refractivity contribution in [3.63, 3.8) is 0 Å². The zero-order valence-electron chi connectivity index (χ0n) is 63.9. The van der Waals surface area contributed by atoms with Crippen LogP contribution in [0.15, 0.2) is 309 Å². The maximum Gasteiger partial charge on any atom is 0.307 e. The minimum atomic E-state index is -3.64. The van der Waals surface area contributed by atoms with Gasteiger partial charge in [0.15, 0.2) is 0 Å². The molecule has 5 aliphatic heterocycles. The highest BCUT2D eigenvalue weighted by molar-refractivity contribution is 7.86. The van der Waals surface area contributed by atoms with Crippen molar-refractivity contribution in [3.05, 3.63) is 332 Å². The van der Waals surface area contributed by atoms with Gasteiger partial charge >= 0.3 is 11.9 Å². The summed E-state index contributed by atoms with van der Waals surface area (Å²) in [7, 11) is -15.3. The molecule has 25 heteroatoms. The number of aliphatic hydroxyl groups is 3. The summed E-state index contributed by atoms with van der Waals surface area (Å²) in [6.45, 7) is -0.574. The molecule has 0 radical (unpaired) electrons. The van der Waals surface area contributed by atoms with E-state index in [-0.39, 0.29) is 44.5 Å². The first-order chi connectivity index (χ1) is 57.7. The number of carbonyl (C=O) groups is 2. The molecule has 5 heterocycles. The van der Waals surface area contributed by atoms with Gasteiger partial charge < -0.3 is 62.4 Å². The molecular weight excluding hydrogens is 1620 g/mol. The molecule has 18 rings (SSSR count). The Morgan fingerprint density at radius 1 is 0.328 bits per heavy atom. The molecular formula is C94H80ClO19P5. The van der Waals surface area contributed by atoms with Gasteiger partial charge in [-0.1, -0.05) is 237 Å². The molecule has 5 aliphatic rings. The predicted molar refractivity (Wildman–Crippen MR) is 466 cm³/mol. The van der Waals surface area contributed by atoms with Crippen LogP contribution in [-0.2, 0) is 40.7 Å². The summed E-state index contributed by atoms with van der Waals surface area (Å²) in [5, 5.41) is 56.2. The summed E-state index contributed by atoms with van der Waals surface area (Å²) in [6.07, 6.45) is -4.45. The Hall–Kier alpha value is -11.3. The van der Waals surface area contributed by atoms with Crippen LogP contribution in [0.1, 0.15) is 28.7 Å². The van der Waals surface area contributed by atoms with E-state index < -0.39 is 79.6 Å². The van der Waals surface area contributed by atoms with E-state index in [1.165, 1.54) is 5.56 Å².